The molecule has 138 valence electrons. The van der Waals surface area contributed by atoms with Crippen LogP contribution in [0, 0.1) is 11.8 Å². The van der Waals surface area contributed by atoms with Gasteiger partial charge in [-0.25, -0.2) is 0 Å². The van der Waals surface area contributed by atoms with Crippen molar-refractivity contribution < 1.29 is 24.9 Å². The van der Waals surface area contributed by atoms with E-state index in [2.05, 4.69) is 19.6 Å². The van der Waals surface area contributed by atoms with Crippen LogP contribution in [0.25, 0.3) is 0 Å². The Kier molecular flexibility index (Phi) is 6.76. The van der Waals surface area contributed by atoms with E-state index in [1.807, 2.05) is 6.08 Å². The highest BCUT2D eigenvalue weighted by Gasteiger charge is 2.38. The van der Waals surface area contributed by atoms with E-state index in [1.165, 1.54) is 11.6 Å². The molecule has 2 aliphatic rings. The molecular formula is C20H28O5. The molecule has 5 heteroatoms. The molecule has 1 saturated heterocycles. The molecule has 1 heterocycles. The minimum atomic E-state index is -1.65. The lowest BCUT2D eigenvalue weighted by Crippen LogP contribution is -2.36. The van der Waals surface area contributed by atoms with Gasteiger partial charge < -0.3 is 20.1 Å². The highest BCUT2D eigenvalue weighted by Crippen LogP contribution is 2.38. The summed E-state index contributed by atoms with van der Waals surface area (Å²) in [5.74, 6) is -0.517. The molecule has 0 radical (unpaired) electrons. The van der Waals surface area contributed by atoms with Crippen molar-refractivity contribution in [1.82, 2.24) is 0 Å². The fourth-order valence-electron chi connectivity index (χ4n) is 3.36. The monoisotopic (exact) mass is 348 g/mol. The molecule has 5 nitrogen and oxygen atoms in total. The Hall–Kier alpha value is -1.69. The molecule has 25 heavy (non-hydrogen) atoms. The smallest absolute Gasteiger partial charge is 0.313 e. The molecule has 0 aromatic heterocycles. The van der Waals surface area contributed by atoms with Crippen LogP contribution < -0.4 is 0 Å². The van der Waals surface area contributed by atoms with Crippen LogP contribution in [0.1, 0.15) is 32.6 Å². The van der Waals surface area contributed by atoms with Crippen LogP contribution in [0.15, 0.2) is 47.6 Å². The lowest BCUT2D eigenvalue weighted by Gasteiger charge is -2.33. The van der Waals surface area contributed by atoms with Gasteiger partial charge in [-0.1, -0.05) is 36.0 Å². The van der Waals surface area contributed by atoms with Gasteiger partial charge in [0.2, 0.25) is 0 Å². The second kappa shape index (κ2) is 8.61. The largest absolute Gasteiger partial charge is 0.461 e. The summed E-state index contributed by atoms with van der Waals surface area (Å²) in [6.45, 7) is 5.31. The number of aliphatic hydroxyl groups excluding tert-OH is 2. The molecule has 0 bridgehead atoms. The molecular weight excluding hydrogens is 320 g/mol. The molecule has 0 aromatic carbocycles. The van der Waals surface area contributed by atoms with Crippen molar-refractivity contribution in [3.8, 4) is 0 Å². The molecule has 3 N–H and O–H groups in total. The number of carbonyl (C=O) groups is 1. The van der Waals surface area contributed by atoms with Gasteiger partial charge >= 0.3 is 5.97 Å². The van der Waals surface area contributed by atoms with Crippen molar-refractivity contribution in [2.45, 2.75) is 38.2 Å². The predicted molar refractivity (Wildman–Crippen MR) is 95.6 cm³/mol. The third kappa shape index (κ3) is 4.91. The highest BCUT2D eigenvalue weighted by atomic mass is 16.5. The van der Waals surface area contributed by atoms with Crippen molar-refractivity contribution in [3.05, 3.63) is 47.6 Å². The maximum atomic E-state index is 12.3. The second-order valence-corrected chi connectivity index (χ2v) is 7.00. The first kappa shape index (κ1) is 19.6. The van der Waals surface area contributed by atoms with E-state index in [0.29, 0.717) is 0 Å². The van der Waals surface area contributed by atoms with Crippen LogP contribution in [-0.4, -0.2) is 46.7 Å². The molecule has 2 atom stereocenters. The van der Waals surface area contributed by atoms with Crippen LogP contribution >= 0.6 is 0 Å². The third-order valence-electron chi connectivity index (χ3n) is 5.03. The van der Waals surface area contributed by atoms with Crippen molar-refractivity contribution in [2.75, 3.05) is 19.8 Å². The van der Waals surface area contributed by atoms with Crippen molar-refractivity contribution in [3.63, 3.8) is 0 Å². The first-order valence-electron chi connectivity index (χ1n) is 8.72. The molecule has 0 aromatic rings. The Morgan fingerprint density at radius 3 is 2.76 bits per heavy atom. The van der Waals surface area contributed by atoms with Crippen molar-refractivity contribution in [1.29, 1.82) is 0 Å². The van der Waals surface area contributed by atoms with Crippen LogP contribution in [0.4, 0.5) is 0 Å². The minimum absolute atomic E-state index is 0.0243. The Morgan fingerprint density at radius 1 is 1.36 bits per heavy atom. The molecule has 0 saturated carbocycles. The number of hydrogen-bond donors (Lipinski definition) is 3. The summed E-state index contributed by atoms with van der Waals surface area (Å²) in [4.78, 5) is 12.3. The average Bonchev–Trinajstić information content (AvgIpc) is 2.67. The quantitative estimate of drug-likeness (QED) is 0.535. The summed E-state index contributed by atoms with van der Waals surface area (Å²) in [5, 5.41) is 28.2. The second-order valence-electron chi connectivity index (χ2n) is 7.00. The van der Waals surface area contributed by atoms with Crippen LogP contribution in [0.3, 0.4) is 0 Å². The molecule has 1 fully saturated rings. The van der Waals surface area contributed by atoms with Gasteiger partial charge in [-0.15, -0.1) is 0 Å². The zero-order valence-electron chi connectivity index (χ0n) is 14.8. The first-order valence-corrected chi connectivity index (χ1v) is 8.72. The molecule has 0 unspecified atom stereocenters. The molecule has 0 amide bonds. The van der Waals surface area contributed by atoms with E-state index < -0.39 is 18.8 Å². The first-order chi connectivity index (χ1) is 11.9. The Bertz CT molecular complexity index is 595. The number of carbonyl (C=O) groups excluding carboxylic acids is 1. The zero-order valence-corrected chi connectivity index (χ0v) is 14.8. The van der Waals surface area contributed by atoms with E-state index in [1.54, 1.807) is 6.08 Å². The van der Waals surface area contributed by atoms with Crippen LogP contribution in [0.5, 0.6) is 0 Å². The van der Waals surface area contributed by atoms with E-state index in [9.17, 15) is 9.90 Å². The number of esters is 1. The van der Waals surface area contributed by atoms with E-state index >= 15 is 0 Å². The SMILES string of the molecule is C=C1CC/C=C(\C)CC[C@@H]2/C(=C/C=C/C(O)(CO)CO)COC(=O)[C@@H]12. The Balaban J connectivity index is 2.27. The van der Waals surface area contributed by atoms with E-state index in [4.69, 9.17) is 14.9 Å². The number of rotatable bonds is 4. The van der Waals surface area contributed by atoms with Gasteiger partial charge in [0.1, 0.15) is 12.2 Å². The van der Waals surface area contributed by atoms with Gasteiger partial charge in [-0.2, -0.15) is 0 Å². The number of cyclic esters (lactones) is 1. The fraction of sp³-hybridized carbons (Fsp3) is 0.550. The third-order valence-corrected chi connectivity index (χ3v) is 5.03. The minimum Gasteiger partial charge on any atom is -0.461 e. The molecule has 1 aliphatic carbocycles. The number of aliphatic hydroxyl groups is 3. The lowest BCUT2D eigenvalue weighted by atomic mass is 9.76. The Labute approximate surface area is 149 Å². The molecule has 0 spiro atoms. The van der Waals surface area contributed by atoms with Gasteiger partial charge in [0.05, 0.1) is 19.1 Å². The van der Waals surface area contributed by atoms with Crippen molar-refractivity contribution >= 4 is 5.97 Å². The van der Waals surface area contributed by atoms with Gasteiger partial charge in [0.25, 0.3) is 0 Å². The predicted octanol–water partition coefficient (Wildman–Crippen LogP) is 2.05. The summed E-state index contributed by atoms with van der Waals surface area (Å²) >= 11 is 0. The number of fused-ring (bicyclic) bond motifs is 1. The maximum absolute atomic E-state index is 12.3. The number of ether oxygens (including phenoxy) is 1. The zero-order chi connectivity index (χ0) is 18.4. The van der Waals surface area contributed by atoms with Gasteiger partial charge in [0.15, 0.2) is 0 Å². The van der Waals surface area contributed by atoms with Gasteiger partial charge in [0, 0.05) is 5.92 Å². The van der Waals surface area contributed by atoms with E-state index in [-0.39, 0.29) is 24.4 Å². The van der Waals surface area contributed by atoms with Crippen LogP contribution in [-0.2, 0) is 9.53 Å². The van der Waals surface area contributed by atoms with E-state index in [0.717, 1.165) is 36.8 Å². The number of allylic oxidation sites excluding steroid dienone is 4. The summed E-state index contributed by atoms with van der Waals surface area (Å²) in [5.41, 5.74) is 1.54. The lowest BCUT2D eigenvalue weighted by molar-refractivity contribution is -0.151. The standard InChI is InChI=1S/C20H28O5/c1-14-5-3-6-15(2)18-17(9-8-14)16(11-25-19(18)23)7-4-10-20(24,12-21)13-22/h4-5,7,10,17-18,21-22,24H,2-3,6,8-9,11-13H2,1H3/b10-4+,14-5+,16-7+/t17-,18+/m1/s1. The topological polar surface area (TPSA) is 87.0 Å². The normalized spacial score (nSPS) is 29.4. The maximum Gasteiger partial charge on any atom is 0.313 e. The molecule has 1 aliphatic heterocycles. The fourth-order valence-corrected chi connectivity index (χ4v) is 3.36. The highest BCUT2D eigenvalue weighted by molar-refractivity contribution is 5.78. The Morgan fingerprint density at radius 2 is 2.08 bits per heavy atom. The summed E-state index contributed by atoms with van der Waals surface area (Å²) in [6, 6.07) is 0. The summed E-state index contributed by atoms with van der Waals surface area (Å²) in [6.07, 6.45) is 10.4. The van der Waals surface area contributed by atoms with Gasteiger partial charge in [-0.3, -0.25) is 4.79 Å². The average molecular weight is 348 g/mol. The number of hydrogen-bond acceptors (Lipinski definition) is 5. The molecule has 2 rings (SSSR count). The van der Waals surface area contributed by atoms with Crippen LogP contribution in [0.2, 0.25) is 0 Å². The van der Waals surface area contributed by atoms with Gasteiger partial charge in [-0.05, 0) is 44.3 Å². The summed E-state index contributed by atoms with van der Waals surface area (Å²) < 4.78 is 5.35. The van der Waals surface area contributed by atoms with Crippen molar-refractivity contribution in [2.24, 2.45) is 11.8 Å². The summed E-state index contributed by atoms with van der Waals surface area (Å²) in [7, 11) is 0.